The summed E-state index contributed by atoms with van der Waals surface area (Å²) >= 11 is 1.76. The van der Waals surface area contributed by atoms with Gasteiger partial charge in [-0.05, 0) is 24.3 Å². The van der Waals surface area contributed by atoms with Crippen molar-refractivity contribution in [2.45, 2.75) is 6.04 Å². The summed E-state index contributed by atoms with van der Waals surface area (Å²) in [6.45, 7) is 0. The first-order chi connectivity index (χ1) is 8.02. The van der Waals surface area contributed by atoms with Crippen LogP contribution >= 0.6 is 11.8 Å². The molecule has 0 spiro atoms. The van der Waals surface area contributed by atoms with Gasteiger partial charge in [0.05, 0.1) is 25.1 Å². The molecule has 17 heavy (non-hydrogen) atoms. The largest absolute Gasteiger partial charge is 0.497 e. The predicted octanol–water partition coefficient (Wildman–Crippen LogP) is 1.58. The van der Waals surface area contributed by atoms with Gasteiger partial charge in [0.1, 0.15) is 5.75 Å². The van der Waals surface area contributed by atoms with Crippen molar-refractivity contribution in [3.8, 4) is 5.75 Å². The molecule has 0 N–H and O–H groups in total. The maximum absolute atomic E-state index is 11.8. The van der Waals surface area contributed by atoms with Crippen molar-refractivity contribution in [3.05, 3.63) is 24.3 Å². The molecule has 0 amide bonds. The smallest absolute Gasteiger partial charge is 0.232 e. The minimum Gasteiger partial charge on any atom is -0.497 e. The number of hydrogen-bond donors (Lipinski definition) is 0. The zero-order chi connectivity index (χ0) is 12.5. The van der Waals surface area contributed by atoms with E-state index in [0.717, 1.165) is 17.3 Å². The van der Waals surface area contributed by atoms with Crippen LogP contribution in [0, 0.1) is 0 Å². The Bertz CT molecular complexity index is 480. The average molecular weight is 273 g/mol. The van der Waals surface area contributed by atoms with Crippen LogP contribution in [0.3, 0.4) is 0 Å². The van der Waals surface area contributed by atoms with Gasteiger partial charge in [0.15, 0.2) is 0 Å². The highest BCUT2D eigenvalue weighted by molar-refractivity contribution is 8.01. The van der Waals surface area contributed by atoms with E-state index >= 15 is 0 Å². The van der Waals surface area contributed by atoms with Crippen LogP contribution in [0.25, 0.3) is 0 Å². The fourth-order valence-corrected chi connectivity index (χ4v) is 3.89. The van der Waals surface area contributed by atoms with Crippen molar-refractivity contribution in [2.75, 3.05) is 29.2 Å². The molecule has 0 radical (unpaired) electrons. The summed E-state index contributed by atoms with van der Waals surface area (Å²) < 4.78 is 30.2. The third-order valence-corrected chi connectivity index (χ3v) is 5.10. The number of rotatable bonds is 4. The third-order valence-electron chi connectivity index (χ3n) is 2.64. The minimum atomic E-state index is -3.22. The molecular formula is C11H15NO3S2. The number of ether oxygens (including phenoxy) is 1. The first-order valence-electron chi connectivity index (χ1n) is 5.23. The normalized spacial score (nSPS) is 16.4. The van der Waals surface area contributed by atoms with Gasteiger partial charge in [0, 0.05) is 11.5 Å². The maximum Gasteiger partial charge on any atom is 0.232 e. The number of sulfonamides is 1. The molecule has 1 heterocycles. The Kier molecular flexibility index (Phi) is 3.53. The van der Waals surface area contributed by atoms with Crippen LogP contribution in [0.4, 0.5) is 5.69 Å². The molecule has 0 bridgehead atoms. The molecule has 0 saturated carbocycles. The quantitative estimate of drug-likeness (QED) is 0.835. The topological polar surface area (TPSA) is 46.6 Å². The second-order valence-electron chi connectivity index (χ2n) is 3.95. The van der Waals surface area contributed by atoms with E-state index in [1.54, 1.807) is 43.1 Å². The van der Waals surface area contributed by atoms with E-state index in [-0.39, 0.29) is 6.04 Å². The third kappa shape index (κ3) is 2.69. The Morgan fingerprint density at radius 3 is 2.24 bits per heavy atom. The van der Waals surface area contributed by atoms with Crippen molar-refractivity contribution >= 4 is 27.5 Å². The van der Waals surface area contributed by atoms with E-state index in [1.807, 2.05) is 0 Å². The first kappa shape index (κ1) is 12.6. The monoisotopic (exact) mass is 273 g/mol. The Morgan fingerprint density at radius 1 is 1.29 bits per heavy atom. The molecule has 1 aliphatic rings. The molecule has 1 aromatic rings. The van der Waals surface area contributed by atoms with E-state index in [2.05, 4.69) is 0 Å². The average Bonchev–Trinajstić information content (AvgIpc) is 2.22. The van der Waals surface area contributed by atoms with E-state index in [9.17, 15) is 8.42 Å². The van der Waals surface area contributed by atoms with Crippen LogP contribution < -0.4 is 9.04 Å². The summed E-state index contributed by atoms with van der Waals surface area (Å²) in [7, 11) is -1.63. The zero-order valence-electron chi connectivity index (χ0n) is 9.79. The lowest BCUT2D eigenvalue weighted by Gasteiger charge is -2.36. The summed E-state index contributed by atoms with van der Waals surface area (Å²) in [6.07, 6.45) is 1.25. The summed E-state index contributed by atoms with van der Waals surface area (Å²) in [4.78, 5) is 0. The molecule has 0 unspecified atom stereocenters. The van der Waals surface area contributed by atoms with Gasteiger partial charge in [-0.2, -0.15) is 11.8 Å². The molecule has 0 aromatic heterocycles. The van der Waals surface area contributed by atoms with Crippen LogP contribution in [0.1, 0.15) is 0 Å². The standard InChI is InChI=1S/C11H15NO3S2/c1-15-11-5-3-9(4-6-11)12(17(2,13)14)10-7-16-8-10/h3-6,10H,7-8H2,1-2H3. The van der Waals surface area contributed by atoms with Crippen LogP contribution in [0.15, 0.2) is 24.3 Å². The van der Waals surface area contributed by atoms with Crippen LogP contribution in [0.2, 0.25) is 0 Å². The van der Waals surface area contributed by atoms with Crippen LogP contribution in [-0.4, -0.2) is 39.3 Å². The molecule has 0 aliphatic carbocycles. The van der Waals surface area contributed by atoms with Gasteiger partial charge < -0.3 is 4.74 Å². The Labute approximate surface area is 106 Å². The number of hydrogen-bond acceptors (Lipinski definition) is 4. The SMILES string of the molecule is COc1ccc(N(C2CSC2)S(C)(=O)=O)cc1. The summed E-state index contributed by atoms with van der Waals surface area (Å²) in [5.74, 6) is 2.45. The Hall–Kier alpha value is -0.880. The fraction of sp³-hybridized carbons (Fsp3) is 0.455. The summed E-state index contributed by atoms with van der Waals surface area (Å²) in [5, 5.41) is 0. The molecule has 1 fully saturated rings. The van der Waals surface area contributed by atoms with E-state index in [4.69, 9.17) is 4.74 Å². The number of anilines is 1. The van der Waals surface area contributed by atoms with Crippen molar-refractivity contribution in [3.63, 3.8) is 0 Å². The maximum atomic E-state index is 11.8. The zero-order valence-corrected chi connectivity index (χ0v) is 11.4. The lowest BCUT2D eigenvalue weighted by Crippen LogP contribution is -2.47. The highest BCUT2D eigenvalue weighted by Gasteiger charge is 2.31. The van der Waals surface area contributed by atoms with Gasteiger partial charge >= 0.3 is 0 Å². The molecule has 1 saturated heterocycles. The minimum absolute atomic E-state index is 0.0865. The van der Waals surface area contributed by atoms with E-state index in [0.29, 0.717) is 5.69 Å². The van der Waals surface area contributed by atoms with Gasteiger partial charge in [-0.25, -0.2) is 8.42 Å². The molecule has 4 nitrogen and oxygen atoms in total. The lowest BCUT2D eigenvalue weighted by molar-refractivity contribution is 0.415. The molecule has 6 heteroatoms. The van der Waals surface area contributed by atoms with Crippen molar-refractivity contribution in [1.29, 1.82) is 0 Å². The Balaban J connectivity index is 2.31. The number of methoxy groups -OCH3 is 1. The van der Waals surface area contributed by atoms with E-state index in [1.165, 1.54) is 10.6 Å². The van der Waals surface area contributed by atoms with Crippen molar-refractivity contribution in [1.82, 2.24) is 0 Å². The fourth-order valence-electron chi connectivity index (χ4n) is 1.76. The highest BCUT2D eigenvalue weighted by Crippen LogP contribution is 2.31. The predicted molar refractivity (Wildman–Crippen MR) is 71.4 cm³/mol. The number of benzene rings is 1. The van der Waals surface area contributed by atoms with E-state index < -0.39 is 10.0 Å². The first-order valence-corrected chi connectivity index (χ1v) is 8.24. The number of nitrogens with zero attached hydrogens (tertiary/aromatic N) is 1. The van der Waals surface area contributed by atoms with Crippen molar-refractivity contribution in [2.24, 2.45) is 0 Å². The van der Waals surface area contributed by atoms with Gasteiger partial charge in [-0.1, -0.05) is 0 Å². The molecule has 94 valence electrons. The molecule has 1 aliphatic heterocycles. The van der Waals surface area contributed by atoms with Crippen molar-refractivity contribution < 1.29 is 13.2 Å². The lowest BCUT2D eigenvalue weighted by atomic mass is 10.2. The molecular weight excluding hydrogens is 258 g/mol. The molecule has 2 rings (SSSR count). The molecule has 1 aromatic carbocycles. The Morgan fingerprint density at radius 2 is 1.88 bits per heavy atom. The van der Waals surface area contributed by atoms with Crippen LogP contribution in [0.5, 0.6) is 5.75 Å². The van der Waals surface area contributed by atoms with Crippen LogP contribution in [-0.2, 0) is 10.0 Å². The number of thioether (sulfide) groups is 1. The van der Waals surface area contributed by atoms with Gasteiger partial charge in [0.25, 0.3) is 0 Å². The van der Waals surface area contributed by atoms with Gasteiger partial charge in [0.2, 0.25) is 10.0 Å². The summed E-state index contributed by atoms with van der Waals surface area (Å²) in [6, 6.07) is 7.20. The molecule has 0 atom stereocenters. The highest BCUT2D eigenvalue weighted by atomic mass is 32.2. The second kappa shape index (κ2) is 4.78. The second-order valence-corrected chi connectivity index (χ2v) is 6.88. The van der Waals surface area contributed by atoms with Gasteiger partial charge in [-0.15, -0.1) is 0 Å². The summed E-state index contributed by atoms with van der Waals surface area (Å²) in [5.41, 5.74) is 0.707. The van der Waals surface area contributed by atoms with Gasteiger partial charge in [-0.3, -0.25) is 4.31 Å².